The van der Waals surface area contributed by atoms with Gasteiger partial charge in [0.1, 0.15) is 12.4 Å². The highest BCUT2D eigenvalue weighted by molar-refractivity contribution is 5.96. The van der Waals surface area contributed by atoms with E-state index >= 15 is 0 Å². The molecule has 0 amide bonds. The molecule has 2 aromatic rings. The van der Waals surface area contributed by atoms with Crippen molar-refractivity contribution in [2.24, 2.45) is 0 Å². The quantitative estimate of drug-likeness (QED) is 0.787. The van der Waals surface area contributed by atoms with Crippen LogP contribution in [0, 0.1) is 0 Å². The van der Waals surface area contributed by atoms with E-state index in [9.17, 15) is 4.79 Å². The van der Waals surface area contributed by atoms with Gasteiger partial charge in [-0.3, -0.25) is 4.79 Å². The van der Waals surface area contributed by atoms with E-state index in [0.29, 0.717) is 17.9 Å². The molecule has 0 N–H and O–H groups in total. The summed E-state index contributed by atoms with van der Waals surface area (Å²) in [4.78, 5) is 14.0. The highest BCUT2D eigenvalue weighted by Crippen LogP contribution is 2.26. The molecule has 0 atom stereocenters. The van der Waals surface area contributed by atoms with Crippen molar-refractivity contribution in [2.75, 3.05) is 24.6 Å². The maximum Gasteiger partial charge on any atom is 0.163 e. The van der Waals surface area contributed by atoms with Gasteiger partial charge in [0.15, 0.2) is 5.78 Å². The standard InChI is InChI=1S/C19H21NO2/c1-15(21)17-9-3-5-11-19(17)22-14-13-20-12-6-8-16-7-2-4-10-18(16)20/h2-5,7,9-11H,6,8,12-14H2,1H3. The Morgan fingerprint density at radius 1 is 1.14 bits per heavy atom. The van der Waals surface area contributed by atoms with Crippen LogP contribution in [0.3, 0.4) is 0 Å². The highest BCUT2D eigenvalue weighted by atomic mass is 16.5. The van der Waals surface area contributed by atoms with Gasteiger partial charge in [0.05, 0.1) is 12.1 Å². The van der Waals surface area contributed by atoms with Crippen LogP contribution in [0.15, 0.2) is 48.5 Å². The maximum absolute atomic E-state index is 11.6. The number of ether oxygens (including phenoxy) is 1. The average molecular weight is 295 g/mol. The zero-order chi connectivity index (χ0) is 15.4. The second kappa shape index (κ2) is 6.65. The zero-order valence-corrected chi connectivity index (χ0v) is 12.9. The SMILES string of the molecule is CC(=O)c1ccccc1OCCN1CCCc2ccccc21. The van der Waals surface area contributed by atoms with Gasteiger partial charge in [-0.2, -0.15) is 0 Å². The van der Waals surface area contributed by atoms with E-state index in [1.807, 2.05) is 24.3 Å². The Labute approximate surface area is 131 Å². The normalized spacial score (nSPS) is 13.6. The van der Waals surface area contributed by atoms with E-state index in [4.69, 9.17) is 4.74 Å². The maximum atomic E-state index is 11.6. The van der Waals surface area contributed by atoms with Crippen LogP contribution < -0.4 is 9.64 Å². The van der Waals surface area contributed by atoms with E-state index in [0.717, 1.165) is 19.5 Å². The largest absolute Gasteiger partial charge is 0.491 e. The number of benzene rings is 2. The number of para-hydroxylation sites is 2. The summed E-state index contributed by atoms with van der Waals surface area (Å²) >= 11 is 0. The predicted octanol–water partition coefficient (Wildman–Crippen LogP) is 3.72. The minimum Gasteiger partial charge on any atom is -0.491 e. The molecule has 22 heavy (non-hydrogen) atoms. The summed E-state index contributed by atoms with van der Waals surface area (Å²) in [6, 6.07) is 16.0. The van der Waals surface area contributed by atoms with E-state index in [2.05, 4.69) is 29.2 Å². The lowest BCUT2D eigenvalue weighted by Crippen LogP contribution is -2.33. The molecule has 1 heterocycles. The van der Waals surface area contributed by atoms with Gasteiger partial charge in [-0.05, 0) is 43.5 Å². The fourth-order valence-electron chi connectivity index (χ4n) is 2.99. The first-order valence-electron chi connectivity index (χ1n) is 7.81. The summed E-state index contributed by atoms with van der Waals surface area (Å²) in [7, 11) is 0. The van der Waals surface area contributed by atoms with Gasteiger partial charge in [-0.15, -0.1) is 0 Å². The molecule has 2 aromatic carbocycles. The minimum absolute atomic E-state index is 0.0407. The van der Waals surface area contributed by atoms with E-state index in [1.54, 1.807) is 6.92 Å². The zero-order valence-electron chi connectivity index (χ0n) is 12.9. The number of carbonyl (C=O) groups is 1. The number of hydrogen-bond donors (Lipinski definition) is 0. The molecule has 114 valence electrons. The molecule has 0 aliphatic carbocycles. The lowest BCUT2D eigenvalue weighted by molar-refractivity contribution is 0.101. The summed E-state index contributed by atoms with van der Waals surface area (Å²) in [6.45, 7) is 4.06. The first-order valence-corrected chi connectivity index (χ1v) is 7.81. The van der Waals surface area contributed by atoms with Crippen LogP contribution in [0.4, 0.5) is 5.69 Å². The molecule has 0 aromatic heterocycles. The molecule has 0 unspecified atom stereocenters. The molecule has 1 aliphatic heterocycles. The molecule has 0 saturated carbocycles. The first-order chi connectivity index (χ1) is 10.8. The van der Waals surface area contributed by atoms with Gasteiger partial charge in [0.25, 0.3) is 0 Å². The van der Waals surface area contributed by atoms with Gasteiger partial charge in [-0.25, -0.2) is 0 Å². The minimum atomic E-state index is 0.0407. The molecular formula is C19H21NO2. The molecule has 0 saturated heterocycles. The summed E-state index contributed by atoms with van der Waals surface area (Å²) in [6.07, 6.45) is 2.34. The lowest BCUT2D eigenvalue weighted by Gasteiger charge is -2.31. The number of carbonyl (C=O) groups excluding carboxylic acids is 1. The summed E-state index contributed by atoms with van der Waals surface area (Å²) < 4.78 is 5.85. The smallest absolute Gasteiger partial charge is 0.163 e. The Morgan fingerprint density at radius 2 is 1.91 bits per heavy atom. The van der Waals surface area contributed by atoms with Gasteiger partial charge >= 0.3 is 0 Å². The van der Waals surface area contributed by atoms with Crippen molar-refractivity contribution in [3.8, 4) is 5.75 Å². The van der Waals surface area contributed by atoms with Gasteiger partial charge in [0, 0.05) is 12.2 Å². The van der Waals surface area contributed by atoms with Crippen LogP contribution >= 0.6 is 0 Å². The van der Waals surface area contributed by atoms with Crippen LogP contribution in [0.1, 0.15) is 29.3 Å². The molecule has 1 aliphatic rings. The molecule has 0 radical (unpaired) electrons. The predicted molar refractivity (Wildman–Crippen MR) is 88.9 cm³/mol. The van der Waals surface area contributed by atoms with E-state index in [1.165, 1.54) is 17.7 Å². The van der Waals surface area contributed by atoms with Crippen molar-refractivity contribution in [2.45, 2.75) is 19.8 Å². The number of Topliss-reactive ketones (excluding diaryl/α,β-unsaturated/α-hetero) is 1. The number of hydrogen-bond acceptors (Lipinski definition) is 3. The van der Waals surface area contributed by atoms with Crippen LogP contribution in [-0.4, -0.2) is 25.5 Å². The second-order valence-electron chi connectivity index (χ2n) is 5.62. The number of ketones is 1. The second-order valence-corrected chi connectivity index (χ2v) is 5.62. The monoisotopic (exact) mass is 295 g/mol. The number of anilines is 1. The summed E-state index contributed by atoms with van der Waals surface area (Å²) in [5.74, 6) is 0.721. The Hall–Kier alpha value is -2.29. The van der Waals surface area contributed by atoms with Crippen LogP contribution in [-0.2, 0) is 6.42 Å². The number of nitrogens with zero attached hydrogens (tertiary/aromatic N) is 1. The van der Waals surface area contributed by atoms with Crippen molar-refractivity contribution >= 4 is 11.5 Å². The topological polar surface area (TPSA) is 29.5 Å². The number of fused-ring (bicyclic) bond motifs is 1. The Kier molecular flexibility index (Phi) is 4.42. The third-order valence-corrected chi connectivity index (χ3v) is 4.09. The first kappa shape index (κ1) is 14.6. The molecule has 0 fully saturated rings. The van der Waals surface area contributed by atoms with Crippen molar-refractivity contribution in [1.29, 1.82) is 0 Å². The number of aryl methyl sites for hydroxylation is 1. The van der Waals surface area contributed by atoms with Gasteiger partial charge in [-0.1, -0.05) is 30.3 Å². The van der Waals surface area contributed by atoms with Gasteiger partial charge < -0.3 is 9.64 Å². The molecule has 3 rings (SSSR count). The average Bonchev–Trinajstić information content (AvgIpc) is 2.55. The van der Waals surface area contributed by atoms with Crippen LogP contribution in [0.25, 0.3) is 0 Å². The van der Waals surface area contributed by atoms with Crippen molar-refractivity contribution in [3.63, 3.8) is 0 Å². The lowest BCUT2D eigenvalue weighted by atomic mass is 10.0. The Bertz CT molecular complexity index is 666. The summed E-state index contributed by atoms with van der Waals surface area (Å²) in [5, 5.41) is 0. The summed E-state index contributed by atoms with van der Waals surface area (Å²) in [5.41, 5.74) is 3.39. The molecule has 0 bridgehead atoms. The number of rotatable bonds is 5. The molecule has 0 spiro atoms. The Morgan fingerprint density at radius 3 is 2.77 bits per heavy atom. The van der Waals surface area contributed by atoms with Crippen molar-refractivity contribution in [1.82, 2.24) is 0 Å². The van der Waals surface area contributed by atoms with Crippen molar-refractivity contribution < 1.29 is 9.53 Å². The van der Waals surface area contributed by atoms with Crippen molar-refractivity contribution in [3.05, 3.63) is 59.7 Å². The van der Waals surface area contributed by atoms with Crippen LogP contribution in [0.2, 0.25) is 0 Å². The van der Waals surface area contributed by atoms with E-state index in [-0.39, 0.29) is 5.78 Å². The Balaban J connectivity index is 1.64. The fraction of sp³-hybridized carbons (Fsp3) is 0.316. The van der Waals surface area contributed by atoms with E-state index < -0.39 is 0 Å². The molecule has 3 heteroatoms. The molecule has 3 nitrogen and oxygen atoms in total. The van der Waals surface area contributed by atoms with Gasteiger partial charge in [0.2, 0.25) is 0 Å². The molecular weight excluding hydrogens is 274 g/mol. The fourth-order valence-corrected chi connectivity index (χ4v) is 2.99. The van der Waals surface area contributed by atoms with Crippen LogP contribution in [0.5, 0.6) is 5.75 Å². The third-order valence-electron chi connectivity index (χ3n) is 4.09. The third kappa shape index (κ3) is 3.14. The highest BCUT2D eigenvalue weighted by Gasteiger charge is 2.16.